The summed E-state index contributed by atoms with van der Waals surface area (Å²) in [5, 5.41) is 5.90. The Morgan fingerprint density at radius 2 is 1.83 bits per heavy atom. The summed E-state index contributed by atoms with van der Waals surface area (Å²) in [5.41, 5.74) is 0.636. The predicted molar refractivity (Wildman–Crippen MR) is 115 cm³/mol. The minimum atomic E-state index is -3.14. The van der Waals surface area contributed by atoms with Crippen molar-refractivity contribution in [3.63, 3.8) is 0 Å². The Kier molecular flexibility index (Phi) is 7.31. The topological polar surface area (TPSA) is 97.9 Å². The van der Waals surface area contributed by atoms with Crippen LogP contribution in [0, 0.1) is 0 Å². The van der Waals surface area contributed by atoms with Gasteiger partial charge in [0.05, 0.1) is 18.1 Å². The van der Waals surface area contributed by atoms with Crippen LogP contribution in [0.5, 0.6) is 0 Å². The average Bonchev–Trinajstić information content (AvgIpc) is 3.20. The summed E-state index contributed by atoms with van der Waals surface area (Å²) in [6.45, 7) is 7.31. The number of rotatable bonds is 7. The number of aromatic nitrogens is 1. The molecule has 2 aliphatic heterocycles. The largest absolute Gasteiger partial charge is 0.354 e. The number of hydrogen-bond acceptors (Lipinski definition) is 6. The number of sulfonamides is 1. The fourth-order valence-electron chi connectivity index (χ4n) is 3.80. The first-order valence-corrected chi connectivity index (χ1v) is 12.2. The van der Waals surface area contributed by atoms with E-state index in [0.29, 0.717) is 31.9 Å². The summed E-state index contributed by atoms with van der Waals surface area (Å²) < 4.78 is 24.7. The highest BCUT2D eigenvalue weighted by molar-refractivity contribution is 7.88. The zero-order chi connectivity index (χ0) is 20.9. The van der Waals surface area contributed by atoms with Gasteiger partial charge in [-0.05, 0) is 44.5 Å². The third-order valence-electron chi connectivity index (χ3n) is 5.54. The second-order valence-electron chi connectivity index (χ2n) is 7.77. The Morgan fingerprint density at radius 3 is 2.38 bits per heavy atom. The van der Waals surface area contributed by atoms with Gasteiger partial charge in [0.25, 0.3) is 0 Å². The van der Waals surface area contributed by atoms with Gasteiger partial charge in [-0.1, -0.05) is 6.92 Å². The molecule has 3 rings (SSSR count). The quantitative estimate of drug-likeness (QED) is 0.682. The summed E-state index contributed by atoms with van der Waals surface area (Å²) in [7, 11) is -3.14. The zero-order valence-electron chi connectivity index (χ0n) is 17.3. The van der Waals surface area contributed by atoms with Crippen molar-refractivity contribution in [2.75, 3.05) is 62.3 Å². The molecule has 0 aliphatic carbocycles. The van der Waals surface area contributed by atoms with Crippen LogP contribution in [-0.4, -0.2) is 86.7 Å². The van der Waals surface area contributed by atoms with Gasteiger partial charge in [-0.2, -0.15) is 4.31 Å². The summed E-state index contributed by atoms with van der Waals surface area (Å²) in [6, 6.07) is 3.60. The molecular formula is C19H32N6O3S. The molecule has 1 aromatic rings. The van der Waals surface area contributed by atoms with Crippen LogP contribution in [0.3, 0.4) is 0 Å². The molecule has 2 saturated heterocycles. The van der Waals surface area contributed by atoms with E-state index in [4.69, 9.17) is 0 Å². The molecule has 10 heteroatoms. The zero-order valence-corrected chi connectivity index (χ0v) is 18.1. The molecule has 2 fully saturated rings. The van der Waals surface area contributed by atoms with E-state index in [1.165, 1.54) is 23.4 Å². The molecular weight excluding hydrogens is 392 g/mol. The number of amides is 2. The molecule has 3 heterocycles. The highest BCUT2D eigenvalue weighted by Gasteiger charge is 2.24. The number of piperazine rings is 1. The molecule has 29 heavy (non-hydrogen) atoms. The van der Waals surface area contributed by atoms with Crippen molar-refractivity contribution in [1.29, 1.82) is 0 Å². The fraction of sp³-hybridized carbons (Fsp3) is 0.684. The Bertz CT molecular complexity index is 772. The normalized spacial score (nSPS) is 19.9. The maximum atomic E-state index is 12.3. The van der Waals surface area contributed by atoms with Gasteiger partial charge in [-0.3, -0.25) is 0 Å². The van der Waals surface area contributed by atoms with Crippen molar-refractivity contribution in [2.45, 2.75) is 32.2 Å². The third kappa shape index (κ3) is 6.28. The van der Waals surface area contributed by atoms with Gasteiger partial charge < -0.3 is 20.4 Å². The Hall–Kier alpha value is -1.91. The molecule has 162 valence electrons. The number of nitrogens with one attached hydrogen (secondary N) is 2. The fourth-order valence-corrected chi connectivity index (χ4v) is 4.63. The summed E-state index contributed by atoms with van der Waals surface area (Å²) >= 11 is 0. The van der Waals surface area contributed by atoms with Crippen molar-refractivity contribution in [1.82, 2.24) is 19.5 Å². The van der Waals surface area contributed by atoms with Gasteiger partial charge in [-0.25, -0.2) is 18.2 Å². The van der Waals surface area contributed by atoms with E-state index in [1.54, 1.807) is 6.20 Å². The molecule has 1 atom stereocenters. The van der Waals surface area contributed by atoms with Gasteiger partial charge in [0, 0.05) is 38.8 Å². The Labute approximate surface area is 173 Å². The monoisotopic (exact) mass is 424 g/mol. The molecule has 9 nitrogen and oxygen atoms in total. The number of likely N-dealkylation sites (tertiary alicyclic amines) is 1. The van der Waals surface area contributed by atoms with Crippen LogP contribution < -0.4 is 15.5 Å². The Balaban J connectivity index is 1.48. The maximum Gasteiger partial charge on any atom is 0.319 e. The summed E-state index contributed by atoms with van der Waals surface area (Å²) in [4.78, 5) is 21.2. The third-order valence-corrected chi connectivity index (χ3v) is 6.85. The van der Waals surface area contributed by atoms with Crippen LogP contribution in [0.1, 0.15) is 26.2 Å². The molecule has 0 bridgehead atoms. The summed E-state index contributed by atoms with van der Waals surface area (Å²) in [5.74, 6) is 0.782. The van der Waals surface area contributed by atoms with Crippen molar-refractivity contribution < 1.29 is 13.2 Å². The van der Waals surface area contributed by atoms with E-state index in [-0.39, 0.29) is 12.1 Å². The highest BCUT2D eigenvalue weighted by Crippen LogP contribution is 2.17. The minimum absolute atomic E-state index is 0.131. The van der Waals surface area contributed by atoms with Gasteiger partial charge >= 0.3 is 6.03 Å². The molecule has 2 amide bonds. The minimum Gasteiger partial charge on any atom is -0.354 e. The van der Waals surface area contributed by atoms with E-state index < -0.39 is 10.0 Å². The molecule has 1 aromatic heterocycles. The smallest absolute Gasteiger partial charge is 0.319 e. The summed E-state index contributed by atoms with van der Waals surface area (Å²) in [6.07, 6.45) is 6.24. The van der Waals surface area contributed by atoms with E-state index in [0.717, 1.165) is 31.9 Å². The van der Waals surface area contributed by atoms with Crippen LogP contribution in [0.15, 0.2) is 18.3 Å². The van der Waals surface area contributed by atoms with Gasteiger partial charge in [-0.15, -0.1) is 0 Å². The van der Waals surface area contributed by atoms with E-state index in [1.807, 2.05) is 12.1 Å². The number of urea groups is 1. The number of pyridine rings is 1. The number of carbonyl (C=O) groups excluding carboxylic acids is 1. The van der Waals surface area contributed by atoms with Crippen molar-refractivity contribution in [2.24, 2.45) is 0 Å². The standard InChI is InChI=1S/C19H32N6O3S/c1-3-16(15-23-8-4-5-9-23)21-19(26)22-17-6-7-18(20-14-17)24-10-12-25(13-11-24)29(2,27)28/h6-7,14,16H,3-5,8-13,15H2,1-2H3,(H2,21,22,26). The number of hydrogen-bond donors (Lipinski definition) is 2. The van der Waals surface area contributed by atoms with E-state index >= 15 is 0 Å². The van der Waals surface area contributed by atoms with Crippen LogP contribution in [0.4, 0.5) is 16.3 Å². The van der Waals surface area contributed by atoms with Crippen molar-refractivity contribution in [3.05, 3.63) is 18.3 Å². The van der Waals surface area contributed by atoms with Crippen LogP contribution in [0.2, 0.25) is 0 Å². The van der Waals surface area contributed by atoms with E-state index in [2.05, 4.69) is 32.3 Å². The highest BCUT2D eigenvalue weighted by atomic mass is 32.2. The molecule has 1 unspecified atom stereocenters. The lowest BCUT2D eigenvalue weighted by Gasteiger charge is -2.34. The molecule has 2 aliphatic rings. The lowest BCUT2D eigenvalue weighted by molar-refractivity contribution is 0.239. The van der Waals surface area contributed by atoms with Gasteiger partial charge in [0.1, 0.15) is 5.82 Å². The van der Waals surface area contributed by atoms with E-state index in [9.17, 15) is 13.2 Å². The van der Waals surface area contributed by atoms with Crippen molar-refractivity contribution >= 4 is 27.6 Å². The maximum absolute atomic E-state index is 12.3. The van der Waals surface area contributed by atoms with Crippen LogP contribution in [-0.2, 0) is 10.0 Å². The van der Waals surface area contributed by atoms with Crippen LogP contribution >= 0.6 is 0 Å². The average molecular weight is 425 g/mol. The molecule has 0 saturated carbocycles. The lowest BCUT2D eigenvalue weighted by Crippen LogP contribution is -2.48. The van der Waals surface area contributed by atoms with Gasteiger partial charge in [0.15, 0.2) is 0 Å². The first-order chi connectivity index (χ1) is 13.8. The second kappa shape index (κ2) is 9.73. The predicted octanol–water partition coefficient (Wildman–Crippen LogP) is 1.16. The second-order valence-corrected chi connectivity index (χ2v) is 9.75. The first kappa shape index (κ1) is 21.8. The Morgan fingerprint density at radius 1 is 1.14 bits per heavy atom. The lowest BCUT2D eigenvalue weighted by atomic mass is 10.2. The van der Waals surface area contributed by atoms with Crippen LogP contribution in [0.25, 0.3) is 0 Å². The molecule has 0 spiro atoms. The SMILES string of the molecule is CCC(CN1CCCC1)NC(=O)Nc1ccc(N2CCN(S(C)(=O)=O)CC2)nc1. The molecule has 0 aromatic carbocycles. The number of carbonyl (C=O) groups is 1. The molecule has 2 N–H and O–H groups in total. The number of nitrogens with zero attached hydrogens (tertiary/aromatic N) is 4. The van der Waals surface area contributed by atoms with Crippen molar-refractivity contribution in [3.8, 4) is 0 Å². The molecule has 0 radical (unpaired) electrons. The first-order valence-electron chi connectivity index (χ1n) is 10.3. The number of anilines is 2. The van der Waals surface area contributed by atoms with Gasteiger partial charge in [0.2, 0.25) is 10.0 Å².